The van der Waals surface area contributed by atoms with Crippen LogP contribution < -0.4 is 0 Å². The SMILES string of the molecule is CCC1=Cc2c(cccc2-c2ccccc2)[CH]1.[I][Hf][I]. The van der Waals surface area contributed by atoms with E-state index < -0.39 is 0 Å². The summed E-state index contributed by atoms with van der Waals surface area (Å²) in [6.07, 6.45) is 5.71. The quantitative estimate of drug-likeness (QED) is 0.258. The van der Waals surface area contributed by atoms with Crippen molar-refractivity contribution in [2.75, 3.05) is 0 Å². The van der Waals surface area contributed by atoms with Crippen LogP contribution in [0.1, 0.15) is 24.5 Å². The summed E-state index contributed by atoms with van der Waals surface area (Å²) < 4.78 is 0. The molecule has 0 spiro atoms. The van der Waals surface area contributed by atoms with Gasteiger partial charge in [-0.2, -0.15) is 0 Å². The van der Waals surface area contributed by atoms with Crippen LogP contribution in [0.2, 0.25) is 0 Å². The van der Waals surface area contributed by atoms with E-state index in [9.17, 15) is 0 Å². The summed E-state index contributed by atoms with van der Waals surface area (Å²) in [4.78, 5) is 0. The second-order valence-electron chi connectivity index (χ2n) is 4.46. The average molecular weight is 652 g/mol. The van der Waals surface area contributed by atoms with Crippen LogP contribution in [0.15, 0.2) is 54.1 Å². The van der Waals surface area contributed by atoms with Crippen LogP contribution in [0.25, 0.3) is 17.2 Å². The van der Waals surface area contributed by atoms with Gasteiger partial charge in [0, 0.05) is 6.42 Å². The molecule has 0 unspecified atom stereocenters. The minimum atomic E-state index is 0.0233. The maximum absolute atomic E-state index is 2.47. The van der Waals surface area contributed by atoms with Crippen molar-refractivity contribution in [3.63, 3.8) is 0 Å². The molecular weight excluding hydrogens is 636 g/mol. The van der Waals surface area contributed by atoms with E-state index in [2.05, 4.69) is 104 Å². The number of benzene rings is 2. The van der Waals surface area contributed by atoms with Crippen molar-refractivity contribution in [1.29, 1.82) is 0 Å². The topological polar surface area (TPSA) is 0 Å². The Bertz CT molecular complexity index is 591. The molecule has 1 aliphatic rings. The van der Waals surface area contributed by atoms with Crippen molar-refractivity contribution in [1.82, 2.24) is 0 Å². The van der Waals surface area contributed by atoms with Gasteiger partial charge in [-0.15, -0.1) is 0 Å². The molecule has 0 nitrogen and oxygen atoms in total. The van der Waals surface area contributed by atoms with Gasteiger partial charge in [0.15, 0.2) is 0 Å². The molecule has 3 rings (SSSR count). The van der Waals surface area contributed by atoms with E-state index in [0.717, 1.165) is 6.42 Å². The molecule has 0 saturated heterocycles. The zero-order chi connectivity index (χ0) is 14.4. The summed E-state index contributed by atoms with van der Waals surface area (Å²) in [5.74, 6) is 0. The van der Waals surface area contributed by atoms with Crippen LogP contribution >= 0.6 is 36.3 Å². The van der Waals surface area contributed by atoms with E-state index in [-0.39, 0.29) is 14.6 Å². The summed E-state index contributed by atoms with van der Waals surface area (Å²) in [6, 6.07) is 17.1. The first-order chi connectivity index (χ1) is 9.80. The fourth-order valence-electron chi connectivity index (χ4n) is 2.37. The molecule has 0 fully saturated rings. The van der Waals surface area contributed by atoms with Gasteiger partial charge in [-0.25, -0.2) is 0 Å². The van der Waals surface area contributed by atoms with E-state index in [4.69, 9.17) is 0 Å². The molecule has 0 aliphatic heterocycles. The third-order valence-electron chi connectivity index (χ3n) is 3.30. The third kappa shape index (κ3) is 4.26. The second-order valence-corrected chi connectivity index (χ2v) is 30.7. The number of hydrogen-bond donors (Lipinski definition) is 0. The molecule has 1 radical (unpaired) electrons. The van der Waals surface area contributed by atoms with E-state index in [0.29, 0.717) is 0 Å². The number of halogens is 2. The normalized spacial score (nSPS) is 12.1. The van der Waals surface area contributed by atoms with E-state index >= 15 is 0 Å². The Morgan fingerprint density at radius 1 is 0.950 bits per heavy atom. The van der Waals surface area contributed by atoms with Gasteiger partial charge in [0.2, 0.25) is 0 Å². The molecule has 0 heterocycles. The molecule has 0 N–H and O–H groups in total. The van der Waals surface area contributed by atoms with E-state index in [1.165, 1.54) is 27.8 Å². The van der Waals surface area contributed by atoms with Crippen molar-refractivity contribution < 1.29 is 14.6 Å². The standard InChI is InChI=1S/C17H15.Hf.2HI/c1-2-13-11-15-9-6-10-16(17(15)12-13)14-7-4-3-5-8-14;;;/h3-12H,2H2,1H3;;2*1H/q;+2;;/p-2. The predicted octanol–water partition coefficient (Wildman–Crippen LogP) is 6.48. The molecule has 0 aromatic heterocycles. The zero-order valence-electron chi connectivity index (χ0n) is 11.2. The van der Waals surface area contributed by atoms with Gasteiger partial charge in [-0.3, -0.25) is 0 Å². The summed E-state index contributed by atoms with van der Waals surface area (Å²) in [5, 5.41) is 0. The van der Waals surface area contributed by atoms with Crippen LogP contribution in [0.4, 0.5) is 0 Å². The van der Waals surface area contributed by atoms with Gasteiger partial charge in [-0.1, -0.05) is 67.1 Å². The van der Waals surface area contributed by atoms with Crippen LogP contribution in [0.5, 0.6) is 0 Å². The molecule has 101 valence electrons. The zero-order valence-corrected chi connectivity index (χ0v) is 19.1. The molecule has 0 atom stereocenters. The Labute approximate surface area is 151 Å². The Hall–Kier alpha value is 0.510. The monoisotopic (exact) mass is 653 g/mol. The van der Waals surface area contributed by atoms with Gasteiger partial charge in [0.1, 0.15) is 0 Å². The first-order valence-electron chi connectivity index (χ1n) is 6.50. The number of allylic oxidation sites excluding steroid dienone is 1. The summed E-state index contributed by atoms with van der Waals surface area (Å²) >= 11 is 4.96. The number of rotatable bonds is 2. The van der Waals surface area contributed by atoms with Crippen molar-refractivity contribution in [2.45, 2.75) is 13.3 Å². The second kappa shape index (κ2) is 8.83. The molecule has 3 heteroatoms. The van der Waals surface area contributed by atoms with Gasteiger partial charge < -0.3 is 0 Å². The fraction of sp³-hybridized carbons (Fsp3) is 0.118. The third-order valence-corrected chi connectivity index (χ3v) is 3.30. The molecule has 20 heavy (non-hydrogen) atoms. The summed E-state index contributed by atoms with van der Waals surface area (Å²) in [5.41, 5.74) is 6.77. The first-order valence-corrected chi connectivity index (χ1v) is 26.9. The van der Waals surface area contributed by atoms with E-state index in [1.807, 2.05) is 0 Å². The van der Waals surface area contributed by atoms with Crippen molar-refractivity contribution in [3.05, 3.63) is 71.7 Å². The van der Waals surface area contributed by atoms with Crippen molar-refractivity contribution in [3.8, 4) is 11.1 Å². The summed E-state index contributed by atoms with van der Waals surface area (Å²) in [6.45, 7) is 2.20. The number of hydrogen-bond acceptors (Lipinski definition) is 0. The van der Waals surface area contributed by atoms with Crippen molar-refractivity contribution in [2.24, 2.45) is 0 Å². The molecule has 2 aromatic carbocycles. The van der Waals surface area contributed by atoms with E-state index in [1.54, 1.807) is 0 Å². The van der Waals surface area contributed by atoms with Crippen LogP contribution in [0.3, 0.4) is 0 Å². The van der Waals surface area contributed by atoms with Crippen LogP contribution in [-0.4, -0.2) is 0 Å². The van der Waals surface area contributed by atoms with Crippen molar-refractivity contribution >= 4 is 42.4 Å². The molecule has 2 aromatic rings. The predicted molar refractivity (Wildman–Crippen MR) is 102 cm³/mol. The minimum absolute atomic E-state index is 0.0233. The fourth-order valence-corrected chi connectivity index (χ4v) is 2.37. The Balaban J connectivity index is 0.000000452. The summed E-state index contributed by atoms with van der Waals surface area (Å²) in [7, 11) is 0. The maximum atomic E-state index is 2.47. The Kier molecular flexibility index (Phi) is 7.45. The Morgan fingerprint density at radius 3 is 2.30 bits per heavy atom. The van der Waals surface area contributed by atoms with Crippen LogP contribution in [-0.2, 0) is 14.6 Å². The van der Waals surface area contributed by atoms with Gasteiger partial charge in [0.25, 0.3) is 0 Å². The molecule has 0 amide bonds. The Morgan fingerprint density at radius 2 is 1.65 bits per heavy atom. The molecule has 0 bridgehead atoms. The molecule has 1 aliphatic carbocycles. The first kappa shape index (κ1) is 16.9. The van der Waals surface area contributed by atoms with Gasteiger partial charge >= 0.3 is 50.9 Å². The number of fused-ring (bicyclic) bond motifs is 1. The molecule has 0 saturated carbocycles. The van der Waals surface area contributed by atoms with Gasteiger partial charge in [-0.05, 0) is 28.7 Å². The average Bonchev–Trinajstić information content (AvgIpc) is 2.92. The van der Waals surface area contributed by atoms with Gasteiger partial charge in [0.05, 0.1) is 0 Å². The molecular formula is C17H15HfI2. The van der Waals surface area contributed by atoms with Crippen LogP contribution in [0, 0.1) is 6.42 Å².